The Balaban J connectivity index is 1.72. The molecule has 3 rings (SSSR count). The van der Waals surface area contributed by atoms with E-state index in [2.05, 4.69) is 51.8 Å². The third-order valence-electron chi connectivity index (χ3n) is 4.56. The van der Waals surface area contributed by atoms with Gasteiger partial charge in [0.25, 0.3) is 0 Å². The fourth-order valence-electron chi connectivity index (χ4n) is 3.29. The van der Waals surface area contributed by atoms with Crippen molar-refractivity contribution in [1.82, 2.24) is 29.1 Å². The summed E-state index contributed by atoms with van der Waals surface area (Å²) < 4.78 is 10.00. The molecule has 0 fully saturated rings. The molecule has 0 saturated heterocycles. The van der Waals surface area contributed by atoms with Crippen molar-refractivity contribution in [3.63, 3.8) is 0 Å². The summed E-state index contributed by atoms with van der Waals surface area (Å²) in [4.78, 5) is 9.19. The topological polar surface area (TPSA) is 51.4 Å². The third kappa shape index (κ3) is 3.85. The van der Waals surface area contributed by atoms with Gasteiger partial charge in [0.1, 0.15) is 0 Å². The molecular weight excluding hydrogens is 304 g/mol. The molecule has 1 unspecified atom stereocenters. The maximum absolute atomic E-state index is 5.99. The van der Waals surface area contributed by atoms with Crippen LogP contribution in [-0.4, -0.2) is 69.5 Å². The van der Waals surface area contributed by atoms with Crippen molar-refractivity contribution in [3.05, 3.63) is 35.7 Å². The smallest absolute Gasteiger partial charge is 0.0949 e. The van der Waals surface area contributed by atoms with Gasteiger partial charge in [0.05, 0.1) is 43.2 Å². The molecule has 0 bridgehead atoms. The van der Waals surface area contributed by atoms with Crippen LogP contribution in [0.5, 0.6) is 0 Å². The molecule has 1 atom stereocenters. The van der Waals surface area contributed by atoms with Crippen LogP contribution < -0.4 is 0 Å². The van der Waals surface area contributed by atoms with Crippen molar-refractivity contribution in [2.24, 2.45) is 14.1 Å². The average Bonchev–Trinajstić information content (AvgIpc) is 3.11. The van der Waals surface area contributed by atoms with Crippen molar-refractivity contribution in [3.8, 4) is 0 Å². The van der Waals surface area contributed by atoms with Gasteiger partial charge in [-0.1, -0.05) is 0 Å². The molecule has 3 heterocycles. The van der Waals surface area contributed by atoms with Gasteiger partial charge in [0.15, 0.2) is 0 Å². The monoisotopic (exact) mass is 332 g/mol. The van der Waals surface area contributed by atoms with Crippen LogP contribution in [0.3, 0.4) is 0 Å². The van der Waals surface area contributed by atoms with E-state index in [1.54, 1.807) is 0 Å². The summed E-state index contributed by atoms with van der Waals surface area (Å²) in [6.07, 6.45) is 6.95. The maximum atomic E-state index is 5.99. The van der Waals surface area contributed by atoms with E-state index >= 15 is 0 Å². The van der Waals surface area contributed by atoms with Gasteiger partial charge in [-0.05, 0) is 14.1 Å². The SMILES string of the molecule is CN(C)CCOCC1c2c(ncn2C)CCN1Cc1cnn(C)c1. The number of aromatic nitrogens is 4. The lowest BCUT2D eigenvalue weighted by Gasteiger charge is -2.35. The van der Waals surface area contributed by atoms with Crippen LogP contribution in [0, 0.1) is 0 Å². The van der Waals surface area contributed by atoms with E-state index in [1.165, 1.54) is 17.0 Å². The summed E-state index contributed by atoms with van der Waals surface area (Å²) in [5, 5.41) is 4.29. The minimum atomic E-state index is 0.239. The van der Waals surface area contributed by atoms with Crippen LogP contribution in [0.15, 0.2) is 18.7 Å². The second-order valence-electron chi connectivity index (χ2n) is 6.82. The molecule has 7 nitrogen and oxygen atoms in total. The number of nitrogens with zero attached hydrogens (tertiary/aromatic N) is 6. The zero-order chi connectivity index (χ0) is 17.1. The predicted octanol–water partition coefficient (Wildman–Crippen LogP) is 0.831. The summed E-state index contributed by atoms with van der Waals surface area (Å²) in [6, 6.07) is 0.239. The lowest BCUT2D eigenvalue weighted by molar-refractivity contribution is 0.0403. The Bertz CT molecular complexity index is 662. The van der Waals surface area contributed by atoms with E-state index in [9.17, 15) is 0 Å². The Morgan fingerprint density at radius 3 is 2.88 bits per heavy atom. The van der Waals surface area contributed by atoms with Crippen LogP contribution >= 0.6 is 0 Å². The summed E-state index contributed by atoms with van der Waals surface area (Å²) in [6.45, 7) is 4.27. The Kier molecular flexibility index (Phi) is 5.33. The first kappa shape index (κ1) is 17.1. The lowest BCUT2D eigenvalue weighted by atomic mass is 10.0. The molecule has 7 heteroatoms. The highest BCUT2D eigenvalue weighted by molar-refractivity contribution is 5.22. The standard InChI is InChI=1S/C17H28N6O/c1-20(2)7-8-24-12-16-17-15(18-13-21(17)3)5-6-23(16)11-14-9-19-22(4)10-14/h9-10,13,16H,5-8,11-12H2,1-4H3. The number of likely N-dealkylation sites (N-methyl/N-ethyl adjacent to an activating group) is 1. The molecule has 0 radical (unpaired) electrons. The highest BCUT2D eigenvalue weighted by atomic mass is 16.5. The largest absolute Gasteiger partial charge is 0.378 e. The van der Waals surface area contributed by atoms with E-state index in [1.807, 2.05) is 24.3 Å². The van der Waals surface area contributed by atoms with Crippen molar-refractivity contribution in [1.29, 1.82) is 0 Å². The van der Waals surface area contributed by atoms with Gasteiger partial charge in [-0.25, -0.2) is 4.98 Å². The average molecular weight is 332 g/mol. The van der Waals surface area contributed by atoms with E-state index in [-0.39, 0.29) is 6.04 Å². The highest BCUT2D eigenvalue weighted by Crippen LogP contribution is 2.30. The first-order chi connectivity index (χ1) is 11.5. The molecule has 0 spiro atoms. The first-order valence-corrected chi connectivity index (χ1v) is 8.48. The van der Waals surface area contributed by atoms with E-state index < -0.39 is 0 Å². The molecule has 0 aliphatic carbocycles. The van der Waals surface area contributed by atoms with Crippen LogP contribution in [0.25, 0.3) is 0 Å². The predicted molar refractivity (Wildman–Crippen MR) is 92.6 cm³/mol. The normalized spacial score (nSPS) is 18.3. The van der Waals surface area contributed by atoms with Crippen molar-refractivity contribution in [2.75, 3.05) is 40.4 Å². The van der Waals surface area contributed by atoms with Gasteiger partial charge >= 0.3 is 0 Å². The number of hydrogen-bond donors (Lipinski definition) is 0. The molecule has 0 amide bonds. The number of ether oxygens (including phenoxy) is 1. The summed E-state index contributed by atoms with van der Waals surface area (Å²) in [7, 11) is 8.17. The summed E-state index contributed by atoms with van der Waals surface area (Å²) >= 11 is 0. The molecule has 0 N–H and O–H groups in total. The minimum Gasteiger partial charge on any atom is -0.378 e. The summed E-state index contributed by atoms with van der Waals surface area (Å²) in [5.74, 6) is 0. The molecule has 132 valence electrons. The van der Waals surface area contributed by atoms with Crippen molar-refractivity contribution < 1.29 is 4.74 Å². The van der Waals surface area contributed by atoms with Crippen LogP contribution in [0.4, 0.5) is 0 Å². The second-order valence-corrected chi connectivity index (χ2v) is 6.82. The van der Waals surface area contributed by atoms with E-state index in [4.69, 9.17) is 4.74 Å². The number of hydrogen-bond acceptors (Lipinski definition) is 5. The lowest BCUT2D eigenvalue weighted by Crippen LogP contribution is -2.38. The molecule has 0 saturated carbocycles. The zero-order valence-electron chi connectivity index (χ0n) is 15.1. The Morgan fingerprint density at radius 1 is 1.33 bits per heavy atom. The van der Waals surface area contributed by atoms with Gasteiger partial charge in [-0.3, -0.25) is 9.58 Å². The fraction of sp³-hybridized carbons (Fsp3) is 0.647. The van der Waals surface area contributed by atoms with Gasteiger partial charge in [0, 0.05) is 51.9 Å². The minimum absolute atomic E-state index is 0.239. The van der Waals surface area contributed by atoms with Gasteiger partial charge in [0.2, 0.25) is 0 Å². The summed E-state index contributed by atoms with van der Waals surface area (Å²) in [5.41, 5.74) is 3.73. The number of imidazole rings is 1. The van der Waals surface area contributed by atoms with Gasteiger partial charge < -0.3 is 14.2 Å². The maximum Gasteiger partial charge on any atom is 0.0949 e. The van der Waals surface area contributed by atoms with E-state index in [0.717, 1.165) is 32.7 Å². The Labute approximate surface area is 143 Å². The molecule has 1 aliphatic rings. The highest BCUT2D eigenvalue weighted by Gasteiger charge is 2.31. The van der Waals surface area contributed by atoms with Gasteiger partial charge in [-0.2, -0.15) is 5.10 Å². The molecule has 2 aromatic heterocycles. The third-order valence-corrected chi connectivity index (χ3v) is 4.56. The van der Waals surface area contributed by atoms with Crippen molar-refractivity contribution in [2.45, 2.75) is 19.0 Å². The number of rotatable bonds is 7. The Hall–Kier alpha value is -1.70. The zero-order valence-corrected chi connectivity index (χ0v) is 15.1. The molecule has 2 aromatic rings. The van der Waals surface area contributed by atoms with Crippen LogP contribution in [-0.2, 0) is 31.8 Å². The molecular formula is C17H28N6O. The quantitative estimate of drug-likeness (QED) is 0.703. The molecule has 1 aliphatic heterocycles. The second kappa shape index (κ2) is 7.46. The number of fused-ring (bicyclic) bond motifs is 1. The number of aryl methyl sites for hydroxylation is 2. The van der Waals surface area contributed by atoms with Crippen LogP contribution in [0.1, 0.15) is 23.0 Å². The van der Waals surface area contributed by atoms with E-state index in [0.29, 0.717) is 6.61 Å². The Morgan fingerprint density at radius 2 is 2.17 bits per heavy atom. The molecule has 24 heavy (non-hydrogen) atoms. The van der Waals surface area contributed by atoms with Gasteiger partial charge in [-0.15, -0.1) is 0 Å². The molecule has 0 aromatic carbocycles. The fourth-order valence-corrected chi connectivity index (χ4v) is 3.29. The van der Waals surface area contributed by atoms with Crippen LogP contribution in [0.2, 0.25) is 0 Å². The first-order valence-electron chi connectivity index (χ1n) is 8.48. The van der Waals surface area contributed by atoms with Crippen molar-refractivity contribution >= 4 is 0 Å².